The number of benzene rings is 1. The van der Waals surface area contributed by atoms with Gasteiger partial charge in [-0.15, -0.1) is 0 Å². The summed E-state index contributed by atoms with van der Waals surface area (Å²) in [7, 11) is 0. The fraction of sp³-hybridized carbons (Fsp3) is 0.500. The van der Waals surface area contributed by atoms with E-state index in [-0.39, 0.29) is 11.8 Å². The Morgan fingerprint density at radius 3 is 2.45 bits per heavy atom. The average molecular weight is 273 g/mol. The largest absolute Gasteiger partial charge is 0.480 e. The monoisotopic (exact) mass is 273 g/mol. The third kappa shape index (κ3) is 2.55. The number of hydrogen-bond acceptors (Lipinski definition) is 2. The Hall–Kier alpha value is -1.84. The van der Waals surface area contributed by atoms with E-state index in [0.717, 1.165) is 18.4 Å². The van der Waals surface area contributed by atoms with E-state index in [9.17, 15) is 14.7 Å². The van der Waals surface area contributed by atoms with Crippen LogP contribution in [0, 0.1) is 17.8 Å². The van der Waals surface area contributed by atoms with E-state index in [1.807, 2.05) is 30.3 Å². The van der Waals surface area contributed by atoms with E-state index in [0.29, 0.717) is 18.3 Å². The minimum absolute atomic E-state index is 0.0666. The number of amides is 1. The normalized spacial score (nSPS) is 28.5. The highest BCUT2D eigenvalue weighted by Crippen LogP contribution is 2.57. The standard InChI is InChI=1S/C16H19NO3/c18-15(14-11-7-4-8-12(11)14)17-13(16(19)20)9-10-5-2-1-3-6-10/h1-3,5-6,11-14H,4,7-9H2,(H,17,18)(H,19,20)/t11?,12?,13-,14?/m1/s1. The summed E-state index contributed by atoms with van der Waals surface area (Å²) < 4.78 is 0. The number of nitrogens with one attached hydrogen (secondary N) is 1. The van der Waals surface area contributed by atoms with Gasteiger partial charge in [0.2, 0.25) is 5.91 Å². The molecule has 3 rings (SSSR count). The summed E-state index contributed by atoms with van der Waals surface area (Å²) in [6.07, 6.45) is 3.80. The van der Waals surface area contributed by atoms with Crippen molar-refractivity contribution in [3.05, 3.63) is 35.9 Å². The molecule has 1 aromatic carbocycles. The Labute approximate surface area is 118 Å². The van der Waals surface area contributed by atoms with Crippen molar-refractivity contribution < 1.29 is 14.7 Å². The van der Waals surface area contributed by atoms with Gasteiger partial charge in [-0.1, -0.05) is 36.8 Å². The topological polar surface area (TPSA) is 66.4 Å². The van der Waals surface area contributed by atoms with E-state index in [2.05, 4.69) is 5.32 Å². The van der Waals surface area contributed by atoms with Gasteiger partial charge in [-0.25, -0.2) is 4.79 Å². The molecular formula is C16H19NO3. The molecule has 0 spiro atoms. The molecule has 106 valence electrons. The molecule has 0 heterocycles. The molecule has 2 aliphatic rings. The molecule has 0 bridgehead atoms. The molecule has 4 heteroatoms. The summed E-state index contributed by atoms with van der Waals surface area (Å²) in [5.41, 5.74) is 0.927. The summed E-state index contributed by atoms with van der Waals surface area (Å²) in [5.74, 6) is 0.0692. The Bertz CT molecular complexity index is 504. The molecule has 2 unspecified atom stereocenters. The third-order valence-corrected chi connectivity index (χ3v) is 4.61. The number of rotatable bonds is 5. The second-order valence-electron chi connectivity index (χ2n) is 5.87. The highest BCUT2D eigenvalue weighted by Gasteiger charge is 2.56. The van der Waals surface area contributed by atoms with Gasteiger partial charge in [0.1, 0.15) is 6.04 Å². The van der Waals surface area contributed by atoms with Crippen LogP contribution in [-0.4, -0.2) is 23.0 Å². The van der Waals surface area contributed by atoms with Crippen LogP contribution in [0.3, 0.4) is 0 Å². The molecule has 1 aromatic rings. The number of carboxylic acid groups (broad SMARTS) is 1. The molecular weight excluding hydrogens is 254 g/mol. The first-order valence-corrected chi connectivity index (χ1v) is 7.24. The van der Waals surface area contributed by atoms with Gasteiger partial charge in [0, 0.05) is 12.3 Å². The SMILES string of the molecule is O=C(N[C@H](Cc1ccccc1)C(=O)O)C1C2CCCC21. The van der Waals surface area contributed by atoms with Gasteiger partial charge in [-0.05, 0) is 30.2 Å². The lowest BCUT2D eigenvalue weighted by Crippen LogP contribution is -2.43. The van der Waals surface area contributed by atoms with Crippen LogP contribution in [0.15, 0.2) is 30.3 Å². The summed E-state index contributed by atoms with van der Waals surface area (Å²) in [4.78, 5) is 23.5. The summed E-state index contributed by atoms with van der Waals surface area (Å²) in [6.45, 7) is 0. The lowest BCUT2D eigenvalue weighted by atomic mass is 10.1. The highest BCUT2D eigenvalue weighted by atomic mass is 16.4. The molecule has 0 saturated heterocycles. The van der Waals surface area contributed by atoms with Crippen molar-refractivity contribution in [2.75, 3.05) is 0 Å². The predicted octanol–water partition coefficient (Wildman–Crippen LogP) is 1.84. The molecule has 2 fully saturated rings. The average Bonchev–Trinajstić information content (AvgIpc) is 2.93. The van der Waals surface area contributed by atoms with E-state index in [4.69, 9.17) is 0 Å². The second-order valence-corrected chi connectivity index (χ2v) is 5.87. The van der Waals surface area contributed by atoms with Crippen molar-refractivity contribution in [2.24, 2.45) is 17.8 Å². The van der Waals surface area contributed by atoms with Crippen LogP contribution >= 0.6 is 0 Å². The van der Waals surface area contributed by atoms with Crippen molar-refractivity contribution >= 4 is 11.9 Å². The maximum atomic E-state index is 12.1. The zero-order valence-electron chi connectivity index (χ0n) is 11.3. The van der Waals surface area contributed by atoms with Gasteiger partial charge in [-0.2, -0.15) is 0 Å². The fourth-order valence-electron chi connectivity index (χ4n) is 3.53. The number of carbonyl (C=O) groups is 2. The minimum atomic E-state index is -0.965. The summed E-state index contributed by atoms with van der Waals surface area (Å²) in [5, 5.41) is 12.0. The van der Waals surface area contributed by atoms with Crippen molar-refractivity contribution in [2.45, 2.75) is 31.7 Å². The molecule has 20 heavy (non-hydrogen) atoms. The predicted molar refractivity (Wildman–Crippen MR) is 74.0 cm³/mol. The number of fused-ring (bicyclic) bond motifs is 1. The number of hydrogen-bond donors (Lipinski definition) is 2. The maximum absolute atomic E-state index is 12.1. The van der Waals surface area contributed by atoms with Crippen molar-refractivity contribution in [1.29, 1.82) is 0 Å². The Balaban J connectivity index is 1.60. The van der Waals surface area contributed by atoms with Crippen LogP contribution in [0.25, 0.3) is 0 Å². The first-order chi connectivity index (χ1) is 9.66. The zero-order chi connectivity index (χ0) is 14.1. The molecule has 0 aliphatic heterocycles. The van der Waals surface area contributed by atoms with E-state index in [1.54, 1.807) is 0 Å². The fourth-order valence-corrected chi connectivity index (χ4v) is 3.53. The molecule has 1 amide bonds. The van der Waals surface area contributed by atoms with Crippen LogP contribution in [0.4, 0.5) is 0 Å². The molecule has 2 saturated carbocycles. The molecule has 3 atom stereocenters. The second kappa shape index (κ2) is 5.27. The first-order valence-electron chi connectivity index (χ1n) is 7.24. The van der Waals surface area contributed by atoms with Gasteiger partial charge in [-0.3, -0.25) is 4.79 Å². The molecule has 4 nitrogen and oxygen atoms in total. The Kier molecular flexibility index (Phi) is 3.47. The van der Waals surface area contributed by atoms with Crippen molar-refractivity contribution in [1.82, 2.24) is 5.32 Å². The van der Waals surface area contributed by atoms with E-state index >= 15 is 0 Å². The van der Waals surface area contributed by atoms with Crippen LogP contribution in [0.1, 0.15) is 24.8 Å². The quantitative estimate of drug-likeness (QED) is 0.860. The van der Waals surface area contributed by atoms with Gasteiger partial charge < -0.3 is 10.4 Å². The van der Waals surface area contributed by atoms with Gasteiger partial charge in [0.15, 0.2) is 0 Å². The molecule has 2 N–H and O–H groups in total. The first kappa shape index (κ1) is 13.2. The molecule has 2 aliphatic carbocycles. The Morgan fingerprint density at radius 2 is 1.85 bits per heavy atom. The van der Waals surface area contributed by atoms with Crippen molar-refractivity contribution in [3.8, 4) is 0 Å². The molecule has 0 aromatic heterocycles. The van der Waals surface area contributed by atoms with Gasteiger partial charge in [0.05, 0.1) is 0 Å². The van der Waals surface area contributed by atoms with Gasteiger partial charge >= 0.3 is 5.97 Å². The van der Waals surface area contributed by atoms with Crippen LogP contribution in [0.5, 0.6) is 0 Å². The maximum Gasteiger partial charge on any atom is 0.326 e. The minimum Gasteiger partial charge on any atom is -0.480 e. The van der Waals surface area contributed by atoms with E-state index in [1.165, 1.54) is 6.42 Å². The zero-order valence-corrected chi connectivity index (χ0v) is 11.3. The summed E-state index contributed by atoms with van der Waals surface area (Å²) >= 11 is 0. The van der Waals surface area contributed by atoms with E-state index < -0.39 is 12.0 Å². The van der Waals surface area contributed by atoms with Crippen LogP contribution in [-0.2, 0) is 16.0 Å². The van der Waals surface area contributed by atoms with Crippen LogP contribution in [0.2, 0.25) is 0 Å². The number of carboxylic acids is 1. The number of carbonyl (C=O) groups excluding carboxylic acids is 1. The lowest BCUT2D eigenvalue weighted by Gasteiger charge is -2.15. The number of aliphatic carboxylic acids is 1. The lowest BCUT2D eigenvalue weighted by molar-refractivity contribution is -0.142. The summed E-state index contributed by atoms with van der Waals surface area (Å²) in [6, 6.07) is 8.58. The highest BCUT2D eigenvalue weighted by molar-refractivity contribution is 5.87. The third-order valence-electron chi connectivity index (χ3n) is 4.61. The Morgan fingerprint density at radius 1 is 1.20 bits per heavy atom. The smallest absolute Gasteiger partial charge is 0.326 e. The van der Waals surface area contributed by atoms with Crippen LogP contribution < -0.4 is 5.32 Å². The van der Waals surface area contributed by atoms with Crippen molar-refractivity contribution in [3.63, 3.8) is 0 Å². The molecule has 0 radical (unpaired) electrons. The van der Waals surface area contributed by atoms with Gasteiger partial charge in [0.25, 0.3) is 0 Å².